The lowest BCUT2D eigenvalue weighted by molar-refractivity contribution is -0.122. The molecule has 8 nitrogen and oxygen atoms in total. The largest absolute Gasteiger partial charge is 0.441 e. The van der Waals surface area contributed by atoms with Crippen molar-refractivity contribution in [3.8, 4) is 0 Å². The molecule has 2 aliphatic heterocycles. The van der Waals surface area contributed by atoms with E-state index in [4.69, 9.17) is 9.15 Å². The van der Waals surface area contributed by atoms with E-state index >= 15 is 0 Å². The van der Waals surface area contributed by atoms with E-state index in [9.17, 15) is 14.4 Å². The lowest BCUT2D eigenvalue weighted by atomic mass is 10.1. The SMILES string of the molecule is Cc1cc(Br)ccc1N1C(=O)NC(=O)/C(=C\c2ccc(N3CCOCC3)o2)C1=O. The summed E-state index contributed by atoms with van der Waals surface area (Å²) < 4.78 is 11.9. The van der Waals surface area contributed by atoms with Gasteiger partial charge in [-0.25, -0.2) is 9.69 Å². The first kappa shape index (κ1) is 19.4. The highest BCUT2D eigenvalue weighted by atomic mass is 79.9. The molecule has 4 amide bonds. The van der Waals surface area contributed by atoms with Crippen LogP contribution in [0.15, 0.2) is 44.8 Å². The Morgan fingerprint density at radius 1 is 1.10 bits per heavy atom. The second kappa shape index (κ2) is 7.84. The molecule has 4 rings (SSSR count). The molecule has 0 radical (unpaired) electrons. The van der Waals surface area contributed by atoms with Crippen molar-refractivity contribution in [1.82, 2.24) is 5.32 Å². The third kappa shape index (κ3) is 3.83. The molecule has 0 aliphatic carbocycles. The number of morpholine rings is 1. The van der Waals surface area contributed by atoms with E-state index in [1.54, 1.807) is 37.3 Å². The molecule has 150 valence electrons. The van der Waals surface area contributed by atoms with Crippen LogP contribution in [0, 0.1) is 6.92 Å². The maximum Gasteiger partial charge on any atom is 0.335 e. The average molecular weight is 460 g/mol. The van der Waals surface area contributed by atoms with Gasteiger partial charge in [-0.1, -0.05) is 15.9 Å². The summed E-state index contributed by atoms with van der Waals surface area (Å²) in [6, 6.07) is 7.85. The van der Waals surface area contributed by atoms with Crippen LogP contribution in [0.25, 0.3) is 6.08 Å². The molecular weight excluding hydrogens is 442 g/mol. The van der Waals surface area contributed by atoms with Crippen molar-refractivity contribution >= 4 is 51.4 Å². The van der Waals surface area contributed by atoms with Crippen molar-refractivity contribution in [3.05, 3.63) is 51.7 Å². The van der Waals surface area contributed by atoms with Gasteiger partial charge in [-0.15, -0.1) is 0 Å². The predicted octanol–water partition coefficient (Wildman–Crippen LogP) is 2.85. The molecule has 9 heteroatoms. The number of anilines is 2. The van der Waals surface area contributed by atoms with E-state index < -0.39 is 17.8 Å². The summed E-state index contributed by atoms with van der Waals surface area (Å²) in [5.41, 5.74) is 0.946. The zero-order chi connectivity index (χ0) is 20.5. The van der Waals surface area contributed by atoms with Gasteiger partial charge in [-0.05, 0) is 42.8 Å². The summed E-state index contributed by atoms with van der Waals surface area (Å²) in [5.74, 6) is -0.462. The number of nitrogens with zero attached hydrogens (tertiary/aromatic N) is 2. The van der Waals surface area contributed by atoms with Crippen molar-refractivity contribution < 1.29 is 23.5 Å². The van der Waals surface area contributed by atoms with Crippen LogP contribution in [0.5, 0.6) is 0 Å². The standard InChI is InChI=1S/C20H18BrN3O5/c1-12-10-13(21)2-4-16(12)24-19(26)15(18(25)22-20(24)27)11-14-3-5-17(29-14)23-6-8-28-9-7-23/h2-5,10-11H,6-9H2,1H3,(H,22,25,27)/b15-11+. The number of halogens is 1. The van der Waals surface area contributed by atoms with Gasteiger partial charge in [0.2, 0.25) is 0 Å². The smallest absolute Gasteiger partial charge is 0.335 e. The second-order valence-electron chi connectivity index (χ2n) is 6.66. The zero-order valence-electron chi connectivity index (χ0n) is 15.6. The summed E-state index contributed by atoms with van der Waals surface area (Å²) in [4.78, 5) is 40.6. The molecule has 0 spiro atoms. The number of ether oxygens (including phenoxy) is 1. The van der Waals surface area contributed by atoms with Gasteiger partial charge in [0.1, 0.15) is 11.3 Å². The minimum absolute atomic E-state index is 0.171. The van der Waals surface area contributed by atoms with E-state index in [1.807, 2.05) is 4.90 Å². The maximum atomic E-state index is 13.0. The van der Waals surface area contributed by atoms with Crippen molar-refractivity contribution in [1.29, 1.82) is 0 Å². The fourth-order valence-corrected chi connectivity index (χ4v) is 3.74. The van der Waals surface area contributed by atoms with Crippen molar-refractivity contribution in [2.45, 2.75) is 6.92 Å². The van der Waals surface area contributed by atoms with Crippen LogP contribution >= 0.6 is 15.9 Å². The Morgan fingerprint density at radius 3 is 2.59 bits per heavy atom. The number of benzene rings is 1. The fourth-order valence-electron chi connectivity index (χ4n) is 3.26. The van der Waals surface area contributed by atoms with E-state index in [-0.39, 0.29) is 5.57 Å². The van der Waals surface area contributed by atoms with Gasteiger partial charge in [-0.2, -0.15) is 0 Å². The minimum atomic E-state index is -0.781. The number of nitrogens with one attached hydrogen (secondary N) is 1. The Bertz CT molecular complexity index is 1020. The Labute approximate surface area is 175 Å². The molecule has 2 aromatic rings. The van der Waals surface area contributed by atoms with Gasteiger partial charge in [0.05, 0.1) is 18.9 Å². The molecule has 1 aromatic heterocycles. The number of rotatable bonds is 3. The lowest BCUT2D eigenvalue weighted by Crippen LogP contribution is -2.54. The van der Waals surface area contributed by atoms with Crippen LogP contribution in [0.2, 0.25) is 0 Å². The van der Waals surface area contributed by atoms with Gasteiger partial charge >= 0.3 is 6.03 Å². The summed E-state index contributed by atoms with van der Waals surface area (Å²) >= 11 is 3.36. The number of hydrogen-bond acceptors (Lipinski definition) is 6. The van der Waals surface area contributed by atoms with E-state index in [0.717, 1.165) is 9.37 Å². The third-order valence-corrected chi connectivity index (χ3v) is 5.22. The number of furan rings is 1. The molecule has 2 fully saturated rings. The molecule has 1 aromatic carbocycles. The highest BCUT2D eigenvalue weighted by Gasteiger charge is 2.37. The first-order valence-electron chi connectivity index (χ1n) is 9.04. The van der Waals surface area contributed by atoms with Crippen LogP contribution in [-0.4, -0.2) is 44.1 Å². The lowest BCUT2D eigenvalue weighted by Gasteiger charge is -2.27. The molecule has 3 heterocycles. The highest BCUT2D eigenvalue weighted by Crippen LogP contribution is 2.28. The second-order valence-corrected chi connectivity index (χ2v) is 7.58. The van der Waals surface area contributed by atoms with Gasteiger partial charge < -0.3 is 14.1 Å². The maximum absolute atomic E-state index is 13.0. The molecule has 1 N–H and O–H groups in total. The molecule has 2 aliphatic rings. The number of hydrogen-bond donors (Lipinski definition) is 1. The Balaban J connectivity index is 1.64. The number of amides is 4. The first-order chi connectivity index (χ1) is 13.9. The van der Waals surface area contributed by atoms with Gasteiger partial charge in [-0.3, -0.25) is 14.9 Å². The van der Waals surface area contributed by atoms with E-state index in [0.29, 0.717) is 49.2 Å². The predicted molar refractivity (Wildman–Crippen MR) is 110 cm³/mol. The molecular formula is C20H18BrN3O5. The van der Waals surface area contributed by atoms with Crippen molar-refractivity contribution in [2.75, 3.05) is 36.1 Å². The summed E-state index contributed by atoms with van der Waals surface area (Å²) in [5, 5.41) is 2.22. The number of urea groups is 1. The number of carbonyl (C=O) groups excluding carboxylic acids is 3. The molecule has 0 unspecified atom stereocenters. The Hall–Kier alpha value is -2.91. The molecule has 2 saturated heterocycles. The van der Waals surface area contributed by atoms with E-state index in [1.165, 1.54) is 6.08 Å². The summed E-state index contributed by atoms with van der Waals surface area (Å²) in [7, 11) is 0. The van der Waals surface area contributed by atoms with Crippen LogP contribution < -0.4 is 15.1 Å². The zero-order valence-corrected chi connectivity index (χ0v) is 17.2. The van der Waals surface area contributed by atoms with Gasteiger partial charge in [0.25, 0.3) is 11.8 Å². The van der Waals surface area contributed by atoms with Crippen molar-refractivity contribution in [2.24, 2.45) is 0 Å². The monoisotopic (exact) mass is 459 g/mol. The number of aryl methyl sites for hydroxylation is 1. The average Bonchev–Trinajstić information content (AvgIpc) is 3.16. The van der Waals surface area contributed by atoms with Crippen LogP contribution in [0.3, 0.4) is 0 Å². The minimum Gasteiger partial charge on any atom is -0.441 e. The Kier molecular flexibility index (Phi) is 5.25. The molecule has 0 saturated carbocycles. The highest BCUT2D eigenvalue weighted by molar-refractivity contribution is 9.10. The van der Waals surface area contributed by atoms with Gasteiger partial charge in [0, 0.05) is 23.6 Å². The van der Waals surface area contributed by atoms with Crippen LogP contribution in [-0.2, 0) is 14.3 Å². The van der Waals surface area contributed by atoms with Crippen molar-refractivity contribution in [3.63, 3.8) is 0 Å². The quantitative estimate of drug-likeness (QED) is 0.560. The summed E-state index contributed by atoms with van der Waals surface area (Å²) in [6.45, 7) is 4.41. The number of barbiturate groups is 1. The fraction of sp³-hybridized carbons (Fsp3) is 0.250. The summed E-state index contributed by atoms with van der Waals surface area (Å²) in [6.07, 6.45) is 1.36. The van der Waals surface area contributed by atoms with E-state index in [2.05, 4.69) is 21.2 Å². The molecule has 29 heavy (non-hydrogen) atoms. The normalized spacial score (nSPS) is 19.1. The number of carbonyl (C=O) groups is 3. The first-order valence-corrected chi connectivity index (χ1v) is 9.83. The van der Waals surface area contributed by atoms with Gasteiger partial charge in [0.15, 0.2) is 5.88 Å². The third-order valence-electron chi connectivity index (χ3n) is 4.72. The van der Waals surface area contributed by atoms with Crippen LogP contribution in [0.1, 0.15) is 11.3 Å². The topological polar surface area (TPSA) is 92.1 Å². The molecule has 0 atom stereocenters. The number of imide groups is 2. The Morgan fingerprint density at radius 2 is 1.86 bits per heavy atom. The van der Waals surface area contributed by atoms with Crippen LogP contribution in [0.4, 0.5) is 16.4 Å². The molecule has 0 bridgehead atoms.